The largest absolute Gasteiger partial charge is 0.381 e. The van der Waals surface area contributed by atoms with E-state index in [0.29, 0.717) is 12.5 Å². The first-order valence-electron chi connectivity index (χ1n) is 7.96. The molecule has 6 nitrogen and oxygen atoms in total. The Morgan fingerprint density at radius 1 is 1.19 bits per heavy atom. The third kappa shape index (κ3) is 7.17. The van der Waals surface area contributed by atoms with Crippen LogP contribution in [0.4, 0.5) is 8.78 Å². The van der Waals surface area contributed by atoms with Crippen LogP contribution in [0.1, 0.15) is 36.7 Å². The molecule has 0 aliphatic rings. The van der Waals surface area contributed by atoms with E-state index in [2.05, 4.69) is 25.0 Å². The average molecular weight is 382 g/mol. The van der Waals surface area contributed by atoms with Crippen LogP contribution in [0, 0.1) is 17.8 Å². The van der Waals surface area contributed by atoms with Crippen molar-refractivity contribution in [3.8, 4) is 11.8 Å². The lowest BCUT2D eigenvalue weighted by atomic mass is 9.95. The second kappa shape index (κ2) is 11.1. The molecule has 0 bridgehead atoms. The summed E-state index contributed by atoms with van der Waals surface area (Å²) in [6, 6.07) is 3.90. The van der Waals surface area contributed by atoms with Crippen molar-refractivity contribution in [3.63, 3.8) is 0 Å². The Labute approximate surface area is 157 Å². The van der Waals surface area contributed by atoms with Crippen molar-refractivity contribution in [1.29, 1.82) is 0 Å². The number of benzene rings is 1. The first-order chi connectivity index (χ1) is 12.6. The normalized spacial score (nSPS) is 13.4. The van der Waals surface area contributed by atoms with Gasteiger partial charge in [0.25, 0.3) is 18.2 Å². The van der Waals surface area contributed by atoms with Crippen molar-refractivity contribution in [2.45, 2.75) is 38.8 Å². The quantitative estimate of drug-likeness (QED) is 0.271. The zero-order valence-corrected chi connectivity index (χ0v) is 15.4. The number of rotatable bonds is 5. The second-order valence-electron chi connectivity index (χ2n) is 5.91. The lowest BCUT2D eigenvalue weighted by Crippen LogP contribution is -2.61. The molecule has 2 unspecified atom stereocenters. The summed E-state index contributed by atoms with van der Waals surface area (Å²) in [5, 5.41) is 20.4. The molecule has 8 heteroatoms. The molecule has 4 N–H and O–H groups in total. The lowest BCUT2D eigenvalue weighted by molar-refractivity contribution is -0.149. The van der Waals surface area contributed by atoms with Crippen LogP contribution < -0.4 is 10.8 Å². The summed E-state index contributed by atoms with van der Waals surface area (Å²) in [7, 11) is 0. The van der Waals surface area contributed by atoms with Crippen LogP contribution in [0.15, 0.2) is 37.4 Å². The molecule has 0 heterocycles. The number of carbonyl (C=O) groups is 2. The first-order valence-corrected chi connectivity index (χ1v) is 7.96. The van der Waals surface area contributed by atoms with E-state index in [9.17, 15) is 23.5 Å². The molecule has 1 rings (SSSR count). The molecule has 27 heavy (non-hydrogen) atoms. The molecule has 0 aliphatic carbocycles. The summed E-state index contributed by atoms with van der Waals surface area (Å²) < 4.78 is 25.9. The minimum Gasteiger partial charge on any atom is -0.381 e. The van der Waals surface area contributed by atoms with Gasteiger partial charge in [0.2, 0.25) is 0 Å². The summed E-state index contributed by atoms with van der Waals surface area (Å²) in [5.41, 5.74) is -0.975. The third-order valence-electron chi connectivity index (χ3n) is 3.33. The van der Waals surface area contributed by atoms with Crippen molar-refractivity contribution >= 4 is 11.8 Å². The van der Waals surface area contributed by atoms with Gasteiger partial charge in [-0.3, -0.25) is 14.8 Å². The number of aliphatic hydroxyl groups is 1. The predicted molar refractivity (Wildman–Crippen MR) is 97.2 cm³/mol. The highest BCUT2D eigenvalue weighted by Crippen LogP contribution is 2.20. The van der Waals surface area contributed by atoms with Gasteiger partial charge in [0.05, 0.1) is 0 Å². The maximum Gasteiger partial charge on any atom is 0.269 e. The van der Waals surface area contributed by atoms with E-state index in [1.807, 2.05) is 19.2 Å². The number of halogens is 2. The second-order valence-corrected chi connectivity index (χ2v) is 5.91. The van der Waals surface area contributed by atoms with Gasteiger partial charge in [0.15, 0.2) is 5.60 Å². The van der Waals surface area contributed by atoms with E-state index in [1.54, 1.807) is 12.1 Å². The Balaban J connectivity index is 0.00000326. The maximum absolute atomic E-state index is 12.9. The van der Waals surface area contributed by atoms with Gasteiger partial charge in [-0.1, -0.05) is 25.7 Å². The van der Waals surface area contributed by atoms with E-state index in [-0.39, 0.29) is 11.5 Å². The van der Waals surface area contributed by atoms with Crippen molar-refractivity contribution in [2.24, 2.45) is 5.92 Å². The Hall–Kier alpha value is -2.76. The fourth-order valence-corrected chi connectivity index (χ4v) is 1.81. The van der Waals surface area contributed by atoms with Crippen molar-refractivity contribution in [3.05, 3.63) is 48.6 Å². The van der Waals surface area contributed by atoms with E-state index in [0.717, 1.165) is 5.48 Å². The first kappa shape index (κ1) is 24.2. The number of hydrogen-bond donors (Lipinski definition) is 4. The number of alkyl halides is 2. The van der Waals surface area contributed by atoms with Gasteiger partial charge >= 0.3 is 0 Å². The topological polar surface area (TPSA) is 98.7 Å². The molecule has 0 spiro atoms. The zero-order chi connectivity index (χ0) is 21.2. The maximum atomic E-state index is 12.9. The fraction of sp³-hybridized carbons (Fsp3) is 0.368. The van der Waals surface area contributed by atoms with Gasteiger partial charge in [0, 0.05) is 17.0 Å². The highest BCUT2D eigenvalue weighted by Gasteiger charge is 2.46. The predicted octanol–water partition coefficient (Wildman–Crippen LogP) is 2.12. The van der Waals surface area contributed by atoms with Crippen molar-refractivity contribution in [2.75, 3.05) is 0 Å². The van der Waals surface area contributed by atoms with E-state index in [1.165, 1.54) is 12.1 Å². The molecule has 1 aromatic carbocycles. The molecule has 2 amide bonds. The summed E-state index contributed by atoms with van der Waals surface area (Å²) in [6.07, 6.45) is -3.33. The smallest absolute Gasteiger partial charge is 0.269 e. The zero-order valence-electron chi connectivity index (χ0n) is 15.4. The SMILES string of the molecule is C=C.CC(C)C#Cc1ccc(C(=O)NC(C(=O)NO)C(C)(O)C(F)F)cc1. The summed E-state index contributed by atoms with van der Waals surface area (Å²) >= 11 is 0. The van der Waals surface area contributed by atoms with Gasteiger partial charge < -0.3 is 10.4 Å². The van der Waals surface area contributed by atoms with Gasteiger partial charge in [-0.15, -0.1) is 13.2 Å². The molecular formula is C19H24F2N2O4. The molecule has 0 saturated carbocycles. The lowest BCUT2D eigenvalue weighted by Gasteiger charge is -2.30. The van der Waals surface area contributed by atoms with Crippen LogP contribution in [0.2, 0.25) is 0 Å². The van der Waals surface area contributed by atoms with Gasteiger partial charge in [-0.2, -0.15) is 0 Å². The third-order valence-corrected chi connectivity index (χ3v) is 3.33. The van der Waals surface area contributed by atoms with Crippen LogP contribution in [0.3, 0.4) is 0 Å². The number of hydroxylamine groups is 1. The number of nitrogens with one attached hydrogen (secondary N) is 2. The fourth-order valence-electron chi connectivity index (χ4n) is 1.81. The Kier molecular flexibility index (Phi) is 9.93. The van der Waals surface area contributed by atoms with Gasteiger partial charge in [-0.25, -0.2) is 14.3 Å². The molecule has 0 radical (unpaired) electrons. The van der Waals surface area contributed by atoms with Crippen LogP contribution in [-0.2, 0) is 4.79 Å². The highest BCUT2D eigenvalue weighted by molar-refractivity contribution is 5.97. The molecule has 0 saturated heterocycles. The molecule has 2 atom stereocenters. The average Bonchev–Trinajstić information content (AvgIpc) is 2.65. The molecule has 0 aromatic heterocycles. The van der Waals surface area contributed by atoms with E-state index < -0.39 is 29.9 Å². The molecule has 148 valence electrons. The summed E-state index contributed by atoms with van der Waals surface area (Å²) in [4.78, 5) is 23.7. The molecule has 0 aliphatic heterocycles. The number of hydrogen-bond acceptors (Lipinski definition) is 4. The van der Waals surface area contributed by atoms with E-state index in [4.69, 9.17) is 5.21 Å². The van der Waals surface area contributed by atoms with Crippen LogP contribution in [-0.4, -0.2) is 40.2 Å². The minimum absolute atomic E-state index is 0.0795. The van der Waals surface area contributed by atoms with E-state index >= 15 is 0 Å². The molecule has 1 aromatic rings. The Morgan fingerprint density at radius 3 is 2.11 bits per heavy atom. The van der Waals surface area contributed by atoms with Gasteiger partial charge in [0.1, 0.15) is 6.04 Å². The van der Waals surface area contributed by atoms with Crippen molar-refractivity contribution < 1.29 is 28.7 Å². The standard InChI is InChI=1S/C17H20F2N2O4.C2H4/c1-10(2)4-5-11-6-8-12(9-7-11)14(22)20-13(15(23)21-25)17(3,24)16(18)19;1-2/h6-10,13,16,24-25H,1-3H3,(H,20,22)(H,21,23);1-2H2. The molecule has 0 fully saturated rings. The van der Waals surface area contributed by atoms with Crippen LogP contribution in [0.25, 0.3) is 0 Å². The van der Waals surface area contributed by atoms with Crippen LogP contribution in [0.5, 0.6) is 0 Å². The Morgan fingerprint density at radius 2 is 1.70 bits per heavy atom. The molecular weight excluding hydrogens is 358 g/mol. The number of carbonyl (C=O) groups excluding carboxylic acids is 2. The Bertz CT molecular complexity index is 692. The van der Waals surface area contributed by atoms with Crippen molar-refractivity contribution in [1.82, 2.24) is 10.8 Å². The summed E-state index contributed by atoms with van der Waals surface area (Å²) in [5.74, 6) is 3.80. The van der Waals surface area contributed by atoms with Gasteiger partial charge in [-0.05, 0) is 31.2 Å². The summed E-state index contributed by atoms with van der Waals surface area (Å²) in [6.45, 7) is 10.5. The highest BCUT2D eigenvalue weighted by atomic mass is 19.3. The monoisotopic (exact) mass is 382 g/mol. The van der Waals surface area contributed by atoms with Crippen LogP contribution >= 0.6 is 0 Å². The minimum atomic E-state index is -3.33. The number of amides is 2.